The molecule has 1 amide bonds. The van der Waals surface area contributed by atoms with Crippen LogP contribution < -0.4 is 5.32 Å². The number of hydrogen-bond acceptors (Lipinski definition) is 5. The highest BCUT2D eigenvalue weighted by Crippen LogP contribution is 2.10. The number of hydrogen-bond donors (Lipinski definition) is 2. The molecule has 0 spiro atoms. The van der Waals surface area contributed by atoms with Crippen LogP contribution in [-0.2, 0) is 9.53 Å². The van der Waals surface area contributed by atoms with Crippen molar-refractivity contribution in [2.45, 2.75) is 18.2 Å². The van der Waals surface area contributed by atoms with Crippen LogP contribution >= 0.6 is 23.5 Å². The minimum atomic E-state index is -0.00414. The van der Waals surface area contributed by atoms with Gasteiger partial charge in [-0.15, -0.1) is 11.8 Å². The molecular weight excluding hydrogens is 246 g/mol. The van der Waals surface area contributed by atoms with Gasteiger partial charge in [0.05, 0.1) is 19.0 Å². The first-order chi connectivity index (χ1) is 7.65. The molecular formula is C10H21NO3S2. The van der Waals surface area contributed by atoms with Crippen molar-refractivity contribution >= 4 is 29.4 Å². The van der Waals surface area contributed by atoms with Crippen LogP contribution in [0.3, 0.4) is 0 Å². The van der Waals surface area contributed by atoms with Gasteiger partial charge in [0.2, 0.25) is 5.91 Å². The molecule has 0 aliphatic carbocycles. The molecule has 0 aromatic carbocycles. The summed E-state index contributed by atoms with van der Waals surface area (Å²) < 4.78 is 4.89. The van der Waals surface area contributed by atoms with Crippen LogP contribution in [0.4, 0.5) is 0 Å². The fraction of sp³-hybridized carbons (Fsp3) is 0.900. The number of carbonyl (C=O) groups excluding carboxylic acids is 1. The van der Waals surface area contributed by atoms with Gasteiger partial charge < -0.3 is 15.2 Å². The molecule has 6 heteroatoms. The van der Waals surface area contributed by atoms with E-state index < -0.39 is 0 Å². The van der Waals surface area contributed by atoms with Gasteiger partial charge in [-0.05, 0) is 13.2 Å². The lowest BCUT2D eigenvalue weighted by Crippen LogP contribution is -2.42. The standard InChI is InChI=1S/C10H21NO3S2/c1-8(9(6-12)15-3)11-10(13)7-16-5-4-14-2/h8-9,12H,4-7H2,1-3H3,(H,11,13). The summed E-state index contributed by atoms with van der Waals surface area (Å²) in [5.41, 5.74) is 0. The van der Waals surface area contributed by atoms with E-state index in [-0.39, 0.29) is 23.8 Å². The molecule has 2 atom stereocenters. The molecule has 4 nitrogen and oxygen atoms in total. The van der Waals surface area contributed by atoms with Gasteiger partial charge >= 0.3 is 0 Å². The summed E-state index contributed by atoms with van der Waals surface area (Å²) in [4.78, 5) is 11.5. The molecule has 0 aliphatic heterocycles. The Bertz CT molecular complexity index is 189. The van der Waals surface area contributed by atoms with Crippen molar-refractivity contribution in [3.63, 3.8) is 0 Å². The predicted octanol–water partition coefficient (Wildman–Crippen LogP) is 0.595. The zero-order valence-electron chi connectivity index (χ0n) is 10.1. The molecule has 0 radical (unpaired) electrons. The smallest absolute Gasteiger partial charge is 0.230 e. The molecule has 2 unspecified atom stereocenters. The van der Waals surface area contributed by atoms with E-state index in [0.29, 0.717) is 12.4 Å². The van der Waals surface area contributed by atoms with E-state index in [4.69, 9.17) is 9.84 Å². The highest BCUT2D eigenvalue weighted by molar-refractivity contribution is 8.00. The Balaban J connectivity index is 3.68. The number of amides is 1. The number of aliphatic hydroxyl groups is 1. The third-order valence-corrected chi connectivity index (χ3v) is 4.18. The quantitative estimate of drug-likeness (QED) is 0.599. The molecule has 96 valence electrons. The van der Waals surface area contributed by atoms with Crippen LogP contribution in [0.1, 0.15) is 6.92 Å². The van der Waals surface area contributed by atoms with E-state index >= 15 is 0 Å². The van der Waals surface area contributed by atoms with Crippen LogP contribution in [0.2, 0.25) is 0 Å². The van der Waals surface area contributed by atoms with E-state index in [1.54, 1.807) is 30.6 Å². The molecule has 0 saturated heterocycles. The van der Waals surface area contributed by atoms with Crippen molar-refractivity contribution in [2.75, 3.05) is 38.1 Å². The second-order valence-electron chi connectivity index (χ2n) is 3.36. The number of nitrogens with one attached hydrogen (secondary N) is 1. The minimum Gasteiger partial charge on any atom is -0.395 e. The maximum absolute atomic E-state index is 11.5. The van der Waals surface area contributed by atoms with Gasteiger partial charge in [-0.2, -0.15) is 11.8 Å². The monoisotopic (exact) mass is 267 g/mol. The summed E-state index contributed by atoms with van der Waals surface area (Å²) in [6.07, 6.45) is 1.93. The van der Waals surface area contributed by atoms with Crippen molar-refractivity contribution in [1.29, 1.82) is 0 Å². The van der Waals surface area contributed by atoms with Crippen molar-refractivity contribution in [3.8, 4) is 0 Å². The highest BCUT2D eigenvalue weighted by atomic mass is 32.2. The first-order valence-corrected chi connectivity index (χ1v) is 7.59. The van der Waals surface area contributed by atoms with Crippen LogP contribution in [-0.4, -0.2) is 60.4 Å². The third-order valence-electron chi connectivity index (χ3n) is 2.09. The zero-order chi connectivity index (χ0) is 12.4. The Morgan fingerprint density at radius 3 is 2.75 bits per heavy atom. The van der Waals surface area contributed by atoms with Gasteiger partial charge in [0.1, 0.15) is 0 Å². The molecule has 0 heterocycles. The van der Waals surface area contributed by atoms with E-state index in [1.807, 2.05) is 13.2 Å². The van der Waals surface area contributed by atoms with Gasteiger partial charge in [0, 0.05) is 24.2 Å². The molecule has 0 aromatic heterocycles. The van der Waals surface area contributed by atoms with Gasteiger partial charge in [0.25, 0.3) is 0 Å². The van der Waals surface area contributed by atoms with Crippen molar-refractivity contribution in [3.05, 3.63) is 0 Å². The molecule has 2 N–H and O–H groups in total. The molecule has 0 fully saturated rings. The average molecular weight is 267 g/mol. The first kappa shape index (κ1) is 16.1. The topological polar surface area (TPSA) is 58.6 Å². The Kier molecular flexibility index (Phi) is 10.3. The second kappa shape index (κ2) is 10.3. The molecule has 0 saturated carbocycles. The summed E-state index contributed by atoms with van der Waals surface area (Å²) in [5.74, 6) is 1.28. The summed E-state index contributed by atoms with van der Waals surface area (Å²) in [6, 6.07) is -0.00414. The van der Waals surface area contributed by atoms with Crippen molar-refractivity contribution in [2.24, 2.45) is 0 Å². The maximum atomic E-state index is 11.5. The molecule has 0 aromatic rings. The van der Waals surface area contributed by atoms with E-state index in [1.165, 1.54) is 0 Å². The summed E-state index contributed by atoms with van der Waals surface area (Å²) in [7, 11) is 1.65. The SMILES string of the molecule is COCCSCC(=O)NC(C)C(CO)SC. The van der Waals surface area contributed by atoms with Gasteiger partial charge in [-0.3, -0.25) is 4.79 Å². The number of methoxy groups -OCH3 is 1. The maximum Gasteiger partial charge on any atom is 0.230 e. The first-order valence-electron chi connectivity index (χ1n) is 5.15. The fourth-order valence-corrected chi connectivity index (χ4v) is 2.46. The third kappa shape index (κ3) is 7.38. The van der Waals surface area contributed by atoms with Gasteiger partial charge in [0.15, 0.2) is 0 Å². The number of aliphatic hydroxyl groups excluding tert-OH is 1. The zero-order valence-corrected chi connectivity index (χ0v) is 11.7. The molecule has 0 rings (SSSR count). The highest BCUT2D eigenvalue weighted by Gasteiger charge is 2.16. The number of carbonyl (C=O) groups is 1. The van der Waals surface area contributed by atoms with E-state index in [0.717, 1.165) is 5.75 Å². The van der Waals surface area contributed by atoms with Gasteiger partial charge in [-0.25, -0.2) is 0 Å². The Morgan fingerprint density at radius 1 is 1.56 bits per heavy atom. The predicted molar refractivity (Wildman–Crippen MR) is 71.2 cm³/mol. The van der Waals surface area contributed by atoms with Crippen LogP contribution in [0.5, 0.6) is 0 Å². The van der Waals surface area contributed by atoms with Gasteiger partial charge in [-0.1, -0.05) is 0 Å². The molecule has 0 aliphatic rings. The summed E-state index contributed by atoms with van der Waals surface area (Å²) >= 11 is 3.11. The average Bonchev–Trinajstić information content (AvgIpc) is 2.26. The van der Waals surface area contributed by atoms with E-state index in [9.17, 15) is 4.79 Å². The van der Waals surface area contributed by atoms with Crippen LogP contribution in [0, 0.1) is 0 Å². The number of ether oxygens (including phenoxy) is 1. The largest absolute Gasteiger partial charge is 0.395 e. The van der Waals surface area contributed by atoms with Crippen molar-refractivity contribution in [1.82, 2.24) is 5.32 Å². The Labute approximate surface area is 106 Å². The lowest BCUT2D eigenvalue weighted by atomic mass is 10.2. The Morgan fingerprint density at radius 2 is 2.25 bits per heavy atom. The van der Waals surface area contributed by atoms with Crippen LogP contribution in [0.25, 0.3) is 0 Å². The second-order valence-corrected chi connectivity index (χ2v) is 5.54. The fourth-order valence-electron chi connectivity index (χ4n) is 1.13. The summed E-state index contributed by atoms with van der Waals surface area (Å²) in [6.45, 7) is 2.66. The summed E-state index contributed by atoms with van der Waals surface area (Å²) in [5, 5.41) is 12.0. The Hall–Kier alpha value is 0.0900. The lowest BCUT2D eigenvalue weighted by molar-refractivity contribution is -0.119. The lowest BCUT2D eigenvalue weighted by Gasteiger charge is -2.21. The van der Waals surface area contributed by atoms with E-state index in [2.05, 4.69) is 5.32 Å². The molecule has 0 bridgehead atoms. The minimum absolute atomic E-state index is 0.00414. The number of rotatable bonds is 9. The molecule has 16 heavy (non-hydrogen) atoms. The number of thioether (sulfide) groups is 2. The normalized spacial score (nSPS) is 14.5. The van der Waals surface area contributed by atoms with Crippen molar-refractivity contribution < 1.29 is 14.6 Å². The van der Waals surface area contributed by atoms with Crippen LogP contribution in [0.15, 0.2) is 0 Å².